The van der Waals surface area contributed by atoms with E-state index in [2.05, 4.69) is 9.97 Å². The van der Waals surface area contributed by atoms with E-state index in [0.717, 1.165) is 16.7 Å². The SMILES string of the molecule is Cc1cc(C)c(C(=O)c2cncnc2)cc1C. The standard InChI is InChI=1S/C14H14N2O/c1-9-4-11(3)13(5-10(9)2)14(17)12-6-15-8-16-7-12/h4-8H,1-3H3. The zero-order chi connectivity index (χ0) is 12.4. The van der Waals surface area contributed by atoms with Gasteiger partial charge in [0.05, 0.1) is 5.56 Å². The molecule has 0 aliphatic rings. The van der Waals surface area contributed by atoms with Gasteiger partial charge in [-0.15, -0.1) is 0 Å². The maximum atomic E-state index is 12.3. The molecular formula is C14H14N2O. The Kier molecular flexibility index (Phi) is 3.00. The first-order chi connectivity index (χ1) is 8.09. The third kappa shape index (κ3) is 2.23. The van der Waals surface area contributed by atoms with Gasteiger partial charge in [-0.2, -0.15) is 0 Å². The van der Waals surface area contributed by atoms with E-state index in [9.17, 15) is 4.79 Å². The largest absolute Gasteiger partial charge is 0.288 e. The predicted molar refractivity (Wildman–Crippen MR) is 66.1 cm³/mol. The summed E-state index contributed by atoms with van der Waals surface area (Å²) in [6.07, 6.45) is 4.51. The van der Waals surface area contributed by atoms with Gasteiger partial charge in [0, 0.05) is 18.0 Å². The minimum atomic E-state index is -0.0220. The fourth-order valence-electron chi connectivity index (χ4n) is 1.78. The average Bonchev–Trinajstić information content (AvgIpc) is 2.34. The molecule has 3 nitrogen and oxygen atoms in total. The molecule has 0 aliphatic carbocycles. The van der Waals surface area contributed by atoms with Crippen molar-refractivity contribution < 1.29 is 4.79 Å². The molecule has 0 fully saturated rings. The van der Waals surface area contributed by atoms with Crippen molar-refractivity contribution in [1.29, 1.82) is 0 Å². The Bertz CT molecular complexity index is 562. The summed E-state index contributed by atoms with van der Waals surface area (Å²) in [7, 11) is 0. The summed E-state index contributed by atoms with van der Waals surface area (Å²) in [6.45, 7) is 6.00. The smallest absolute Gasteiger partial charge is 0.196 e. The topological polar surface area (TPSA) is 42.9 Å². The van der Waals surface area contributed by atoms with Crippen molar-refractivity contribution >= 4 is 5.78 Å². The first-order valence-corrected chi connectivity index (χ1v) is 5.47. The maximum absolute atomic E-state index is 12.3. The molecule has 0 unspecified atom stereocenters. The second-order valence-electron chi connectivity index (χ2n) is 4.21. The van der Waals surface area contributed by atoms with Crippen molar-refractivity contribution in [2.24, 2.45) is 0 Å². The highest BCUT2D eigenvalue weighted by Gasteiger charge is 2.13. The van der Waals surface area contributed by atoms with E-state index in [1.807, 2.05) is 32.9 Å². The van der Waals surface area contributed by atoms with Crippen LogP contribution in [0.3, 0.4) is 0 Å². The number of aromatic nitrogens is 2. The second kappa shape index (κ2) is 4.45. The van der Waals surface area contributed by atoms with E-state index in [4.69, 9.17) is 0 Å². The number of carbonyl (C=O) groups excluding carboxylic acids is 1. The van der Waals surface area contributed by atoms with Gasteiger partial charge in [-0.05, 0) is 43.5 Å². The highest BCUT2D eigenvalue weighted by Crippen LogP contribution is 2.18. The summed E-state index contributed by atoms with van der Waals surface area (Å²) < 4.78 is 0. The number of hydrogen-bond donors (Lipinski definition) is 0. The van der Waals surface area contributed by atoms with E-state index in [1.54, 1.807) is 12.4 Å². The second-order valence-corrected chi connectivity index (χ2v) is 4.21. The Morgan fingerprint density at radius 2 is 1.53 bits per heavy atom. The third-order valence-electron chi connectivity index (χ3n) is 2.91. The lowest BCUT2D eigenvalue weighted by Gasteiger charge is -2.08. The van der Waals surface area contributed by atoms with Crippen LogP contribution < -0.4 is 0 Å². The zero-order valence-electron chi connectivity index (χ0n) is 10.2. The van der Waals surface area contributed by atoms with Gasteiger partial charge in [-0.25, -0.2) is 9.97 Å². The van der Waals surface area contributed by atoms with Gasteiger partial charge in [0.25, 0.3) is 0 Å². The van der Waals surface area contributed by atoms with Gasteiger partial charge in [-0.3, -0.25) is 4.79 Å². The predicted octanol–water partition coefficient (Wildman–Crippen LogP) is 2.63. The molecule has 1 aromatic heterocycles. The number of aryl methyl sites for hydroxylation is 3. The molecule has 1 aromatic carbocycles. The van der Waals surface area contributed by atoms with E-state index >= 15 is 0 Å². The van der Waals surface area contributed by atoms with E-state index in [-0.39, 0.29) is 5.78 Å². The molecule has 0 saturated carbocycles. The summed E-state index contributed by atoms with van der Waals surface area (Å²) in [5.41, 5.74) is 4.56. The van der Waals surface area contributed by atoms with Crippen molar-refractivity contribution in [2.75, 3.05) is 0 Å². The number of benzene rings is 1. The molecule has 2 rings (SSSR count). The molecule has 0 aliphatic heterocycles. The molecule has 2 aromatic rings. The van der Waals surface area contributed by atoms with Crippen LogP contribution in [-0.4, -0.2) is 15.8 Å². The lowest BCUT2D eigenvalue weighted by atomic mass is 9.96. The number of hydrogen-bond acceptors (Lipinski definition) is 3. The first kappa shape index (κ1) is 11.5. The maximum Gasteiger partial charge on any atom is 0.196 e. The van der Waals surface area contributed by atoms with Gasteiger partial charge in [0.1, 0.15) is 6.33 Å². The molecule has 3 heteroatoms. The molecule has 0 spiro atoms. The van der Waals surface area contributed by atoms with Gasteiger partial charge < -0.3 is 0 Å². The molecule has 0 radical (unpaired) electrons. The molecule has 0 bridgehead atoms. The molecule has 0 atom stereocenters. The minimum absolute atomic E-state index is 0.0220. The van der Waals surface area contributed by atoms with Crippen LogP contribution in [0.4, 0.5) is 0 Å². The van der Waals surface area contributed by atoms with Gasteiger partial charge in [-0.1, -0.05) is 6.07 Å². The Morgan fingerprint density at radius 1 is 0.941 bits per heavy atom. The number of carbonyl (C=O) groups is 1. The molecule has 0 saturated heterocycles. The van der Waals surface area contributed by atoms with Crippen LogP contribution in [0.2, 0.25) is 0 Å². The quantitative estimate of drug-likeness (QED) is 0.739. The first-order valence-electron chi connectivity index (χ1n) is 5.47. The monoisotopic (exact) mass is 226 g/mol. The Hall–Kier alpha value is -2.03. The Balaban J connectivity index is 2.48. The fourth-order valence-corrected chi connectivity index (χ4v) is 1.78. The van der Waals surface area contributed by atoms with Crippen molar-refractivity contribution in [3.63, 3.8) is 0 Å². The zero-order valence-corrected chi connectivity index (χ0v) is 10.2. The van der Waals surface area contributed by atoms with Crippen LogP contribution >= 0.6 is 0 Å². The third-order valence-corrected chi connectivity index (χ3v) is 2.91. The summed E-state index contributed by atoms with van der Waals surface area (Å²) in [4.78, 5) is 20.0. The highest BCUT2D eigenvalue weighted by atomic mass is 16.1. The Labute approximate surface area is 101 Å². The molecular weight excluding hydrogens is 212 g/mol. The highest BCUT2D eigenvalue weighted by molar-refractivity contribution is 6.09. The number of nitrogens with zero attached hydrogens (tertiary/aromatic N) is 2. The minimum Gasteiger partial charge on any atom is -0.288 e. The van der Waals surface area contributed by atoms with Crippen LogP contribution in [0.1, 0.15) is 32.6 Å². The van der Waals surface area contributed by atoms with Crippen LogP contribution in [0.25, 0.3) is 0 Å². The molecule has 86 valence electrons. The normalized spacial score (nSPS) is 10.3. The summed E-state index contributed by atoms with van der Waals surface area (Å²) >= 11 is 0. The van der Waals surface area contributed by atoms with Gasteiger partial charge in [0.15, 0.2) is 5.78 Å². The average molecular weight is 226 g/mol. The number of rotatable bonds is 2. The molecule has 1 heterocycles. The van der Waals surface area contributed by atoms with Gasteiger partial charge >= 0.3 is 0 Å². The van der Waals surface area contributed by atoms with Crippen LogP contribution in [0.5, 0.6) is 0 Å². The summed E-state index contributed by atoms with van der Waals surface area (Å²) in [5, 5.41) is 0. The van der Waals surface area contributed by atoms with Crippen molar-refractivity contribution in [3.8, 4) is 0 Å². The van der Waals surface area contributed by atoms with Crippen molar-refractivity contribution in [3.05, 3.63) is 58.7 Å². The lowest BCUT2D eigenvalue weighted by Crippen LogP contribution is -2.05. The molecule has 17 heavy (non-hydrogen) atoms. The van der Waals surface area contributed by atoms with Crippen LogP contribution in [0.15, 0.2) is 30.9 Å². The molecule has 0 amide bonds. The summed E-state index contributed by atoms with van der Waals surface area (Å²) in [6, 6.07) is 3.96. The fraction of sp³-hybridized carbons (Fsp3) is 0.214. The van der Waals surface area contributed by atoms with Crippen molar-refractivity contribution in [2.45, 2.75) is 20.8 Å². The lowest BCUT2D eigenvalue weighted by molar-refractivity contribution is 0.103. The van der Waals surface area contributed by atoms with E-state index in [0.29, 0.717) is 5.56 Å². The van der Waals surface area contributed by atoms with E-state index in [1.165, 1.54) is 11.9 Å². The Morgan fingerprint density at radius 3 is 2.18 bits per heavy atom. The number of ketones is 1. The van der Waals surface area contributed by atoms with E-state index < -0.39 is 0 Å². The van der Waals surface area contributed by atoms with Crippen molar-refractivity contribution in [1.82, 2.24) is 9.97 Å². The van der Waals surface area contributed by atoms with Gasteiger partial charge in [0.2, 0.25) is 0 Å². The summed E-state index contributed by atoms with van der Waals surface area (Å²) in [5.74, 6) is -0.0220. The van der Waals surface area contributed by atoms with Crippen LogP contribution in [0, 0.1) is 20.8 Å². The van der Waals surface area contributed by atoms with Crippen LogP contribution in [-0.2, 0) is 0 Å². The molecule has 0 N–H and O–H groups in total.